The third-order valence-electron chi connectivity index (χ3n) is 2.97. The predicted octanol–water partition coefficient (Wildman–Crippen LogP) is 2.60. The minimum absolute atomic E-state index is 0.395. The van der Waals surface area contributed by atoms with Crippen LogP contribution in [0.5, 0.6) is 11.5 Å². The Morgan fingerprint density at radius 1 is 1.32 bits per heavy atom. The van der Waals surface area contributed by atoms with E-state index in [1.165, 1.54) is 0 Å². The molecule has 0 spiro atoms. The van der Waals surface area contributed by atoms with Crippen molar-refractivity contribution >= 4 is 18.0 Å². The van der Waals surface area contributed by atoms with Crippen molar-refractivity contribution in [1.29, 1.82) is 0 Å². The highest BCUT2D eigenvalue weighted by Gasteiger charge is 2.15. The molecule has 2 rings (SSSR count). The van der Waals surface area contributed by atoms with Gasteiger partial charge in [0.25, 0.3) is 0 Å². The summed E-state index contributed by atoms with van der Waals surface area (Å²) in [6.07, 6.45) is -0.440. The first-order valence-electron chi connectivity index (χ1n) is 8.28. The maximum absolute atomic E-state index is 11.4. The fraction of sp³-hybridized carbons (Fsp3) is 0.588. The minimum atomic E-state index is -0.495. The van der Waals surface area contributed by atoms with Crippen LogP contribution >= 0.6 is 11.9 Å². The van der Waals surface area contributed by atoms with Gasteiger partial charge in [0.05, 0.1) is 18.1 Å². The SMILES string of the molecule is CC(C)(C)OC(=O)NCCOCCOc1ccc2c(c1)OCCNS2. The van der Waals surface area contributed by atoms with Crippen molar-refractivity contribution in [3.63, 3.8) is 0 Å². The molecule has 0 atom stereocenters. The molecular formula is C17H26N2O5S. The molecule has 0 saturated heterocycles. The second kappa shape index (κ2) is 9.74. The van der Waals surface area contributed by atoms with Gasteiger partial charge in [0.15, 0.2) is 0 Å². The zero-order chi connectivity index (χ0) is 18.1. The van der Waals surface area contributed by atoms with E-state index in [0.29, 0.717) is 33.0 Å². The molecule has 1 aromatic rings. The van der Waals surface area contributed by atoms with Gasteiger partial charge in [0.1, 0.15) is 30.3 Å². The van der Waals surface area contributed by atoms with Crippen LogP contribution in [0.4, 0.5) is 4.79 Å². The highest BCUT2D eigenvalue weighted by molar-refractivity contribution is 7.97. The van der Waals surface area contributed by atoms with Crippen LogP contribution in [0.3, 0.4) is 0 Å². The van der Waals surface area contributed by atoms with E-state index >= 15 is 0 Å². The Kier molecular flexibility index (Phi) is 7.67. The molecule has 2 N–H and O–H groups in total. The molecular weight excluding hydrogens is 344 g/mol. The highest BCUT2D eigenvalue weighted by atomic mass is 32.2. The van der Waals surface area contributed by atoms with Gasteiger partial charge in [-0.3, -0.25) is 4.72 Å². The Hall–Kier alpha value is -1.64. The number of nitrogens with one attached hydrogen (secondary N) is 2. The van der Waals surface area contributed by atoms with Crippen molar-refractivity contribution in [1.82, 2.24) is 10.0 Å². The van der Waals surface area contributed by atoms with E-state index in [1.54, 1.807) is 11.9 Å². The van der Waals surface area contributed by atoms with Gasteiger partial charge >= 0.3 is 6.09 Å². The van der Waals surface area contributed by atoms with Gasteiger partial charge in [-0.2, -0.15) is 0 Å². The van der Waals surface area contributed by atoms with Crippen LogP contribution < -0.4 is 19.5 Å². The molecule has 0 aliphatic carbocycles. The van der Waals surface area contributed by atoms with Gasteiger partial charge in [-0.15, -0.1) is 0 Å². The maximum atomic E-state index is 11.4. The normalized spacial score (nSPS) is 14.0. The van der Waals surface area contributed by atoms with Crippen molar-refractivity contribution in [2.24, 2.45) is 0 Å². The van der Waals surface area contributed by atoms with Crippen LogP contribution in [-0.2, 0) is 9.47 Å². The monoisotopic (exact) mass is 370 g/mol. The van der Waals surface area contributed by atoms with Gasteiger partial charge < -0.3 is 24.3 Å². The average Bonchev–Trinajstić information content (AvgIpc) is 2.77. The van der Waals surface area contributed by atoms with Crippen LogP contribution in [0.2, 0.25) is 0 Å². The second-order valence-corrected chi connectivity index (χ2v) is 7.28. The fourth-order valence-electron chi connectivity index (χ4n) is 1.97. The molecule has 1 amide bonds. The van der Waals surface area contributed by atoms with Gasteiger partial charge in [0.2, 0.25) is 0 Å². The van der Waals surface area contributed by atoms with E-state index < -0.39 is 11.7 Å². The zero-order valence-corrected chi connectivity index (χ0v) is 15.7. The number of carbonyl (C=O) groups is 1. The lowest BCUT2D eigenvalue weighted by atomic mass is 10.2. The number of rotatable bonds is 7. The molecule has 1 aromatic carbocycles. The Bertz CT molecular complexity index is 562. The first-order chi connectivity index (χ1) is 11.9. The molecule has 0 unspecified atom stereocenters. The summed E-state index contributed by atoms with van der Waals surface area (Å²) in [5.74, 6) is 1.58. The third-order valence-corrected chi connectivity index (χ3v) is 3.88. The van der Waals surface area contributed by atoms with E-state index in [4.69, 9.17) is 18.9 Å². The summed E-state index contributed by atoms with van der Waals surface area (Å²) in [5.41, 5.74) is -0.495. The summed E-state index contributed by atoms with van der Waals surface area (Å²) in [4.78, 5) is 12.5. The number of ether oxygens (including phenoxy) is 4. The molecule has 7 nitrogen and oxygen atoms in total. The van der Waals surface area contributed by atoms with E-state index in [0.717, 1.165) is 22.9 Å². The summed E-state index contributed by atoms with van der Waals surface area (Å²) in [5, 5.41) is 2.64. The van der Waals surface area contributed by atoms with E-state index in [1.807, 2.05) is 39.0 Å². The lowest BCUT2D eigenvalue weighted by Crippen LogP contribution is -2.34. The number of alkyl carbamates (subject to hydrolysis) is 1. The number of benzene rings is 1. The Balaban J connectivity index is 1.57. The lowest BCUT2D eigenvalue weighted by molar-refractivity contribution is 0.0489. The molecule has 1 heterocycles. The third kappa shape index (κ3) is 7.85. The van der Waals surface area contributed by atoms with Crippen molar-refractivity contribution in [2.75, 3.05) is 39.5 Å². The van der Waals surface area contributed by atoms with Crippen molar-refractivity contribution < 1.29 is 23.7 Å². The smallest absolute Gasteiger partial charge is 0.407 e. The van der Waals surface area contributed by atoms with Crippen LogP contribution in [0, 0.1) is 0 Å². The summed E-state index contributed by atoms with van der Waals surface area (Å²) in [6, 6.07) is 5.77. The number of fused-ring (bicyclic) bond motifs is 1. The fourth-order valence-corrected chi connectivity index (χ4v) is 2.66. The molecule has 25 heavy (non-hydrogen) atoms. The first kappa shape index (κ1) is 19.7. The highest BCUT2D eigenvalue weighted by Crippen LogP contribution is 2.32. The molecule has 1 aliphatic heterocycles. The minimum Gasteiger partial charge on any atom is -0.491 e. The Labute approximate surface area is 152 Å². The van der Waals surface area contributed by atoms with Crippen LogP contribution in [0.1, 0.15) is 20.8 Å². The number of amides is 1. The summed E-state index contributed by atoms with van der Waals surface area (Å²) in [6.45, 7) is 8.57. The molecule has 0 fully saturated rings. The average molecular weight is 370 g/mol. The van der Waals surface area contributed by atoms with Gasteiger partial charge in [-0.1, -0.05) is 0 Å². The second-order valence-electron chi connectivity index (χ2n) is 6.34. The molecule has 0 aromatic heterocycles. The van der Waals surface area contributed by atoms with Crippen molar-refractivity contribution in [3.05, 3.63) is 18.2 Å². The molecule has 140 valence electrons. The van der Waals surface area contributed by atoms with Crippen molar-refractivity contribution in [3.8, 4) is 11.5 Å². The number of carbonyl (C=O) groups excluding carboxylic acids is 1. The quantitative estimate of drug-likeness (QED) is 0.564. The van der Waals surface area contributed by atoms with E-state index in [2.05, 4.69) is 10.0 Å². The van der Waals surface area contributed by atoms with E-state index in [-0.39, 0.29) is 0 Å². The molecule has 0 radical (unpaired) electrons. The molecule has 1 aliphatic rings. The predicted molar refractivity (Wildman–Crippen MR) is 96.3 cm³/mol. The van der Waals surface area contributed by atoms with Crippen LogP contribution in [0.15, 0.2) is 23.1 Å². The molecule has 0 saturated carbocycles. The maximum Gasteiger partial charge on any atom is 0.407 e. The standard InChI is InChI=1S/C17H26N2O5S/c1-17(2,3)24-16(20)18-6-8-21-10-11-22-13-4-5-15-14(12-13)23-9-7-19-25-15/h4-5,12,19H,6-11H2,1-3H3,(H,18,20). The topological polar surface area (TPSA) is 78.1 Å². The Morgan fingerprint density at radius 3 is 2.96 bits per heavy atom. The summed E-state index contributed by atoms with van der Waals surface area (Å²) >= 11 is 1.56. The first-order valence-corrected chi connectivity index (χ1v) is 9.10. The Morgan fingerprint density at radius 2 is 2.16 bits per heavy atom. The largest absolute Gasteiger partial charge is 0.491 e. The van der Waals surface area contributed by atoms with Crippen LogP contribution in [0.25, 0.3) is 0 Å². The molecule has 0 bridgehead atoms. The zero-order valence-electron chi connectivity index (χ0n) is 14.9. The lowest BCUT2D eigenvalue weighted by Gasteiger charge is -2.19. The van der Waals surface area contributed by atoms with Gasteiger partial charge in [0, 0.05) is 19.2 Å². The van der Waals surface area contributed by atoms with Crippen LogP contribution in [-0.4, -0.2) is 51.2 Å². The summed E-state index contributed by atoms with van der Waals surface area (Å²) < 4.78 is 25.1. The van der Waals surface area contributed by atoms with Gasteiger partial charge in [-0.25, -0.2) is 4.79 Å². The number of hydrogen-bond donors (Lipinski definition) is 2. The van der Waals surface area contributed by atoms with E-state index in [9.17, 15) is 4.79 Å². The summed E-state index contributed by atoms with van der Waals surface area (Å²) in [7, 11) is 0. The van der Waals surface area contributed by atoms with Gasteiger partial charge in [-0.05, 0) is 44.9 Å². The van der Waals surface area contributed by atoms with Crippen molar-refractivity contribution in [2.45, 2.75) is 31.3 Å². The molecule has 8 heteroatoms. The number of hydrogen-bond acceptors (Lipinski definition) is 7.